The maximum atomic E-state index is 16.2. The van der Waals surface area contributed by atoms with Crippen molar-refractivity contribution in [2.75, 3.05) is 6.61 Å². The maximum Gasteiger partial charge on any atom is 0.158 e. The van der Waals surface area contributed by atoms with Crippen LogP contribution in [0.5, 0.6) is 0 Å². The van der Waals surface area contributed by atoms with E-state index in [0.29, 0.717) is 6.61 Å². The van der Waals surface area contributed by atoms with E-state index in [2.05, 4.69) is 0 Å². The Kier molecular flexibility index (Phi) is 10.8. The molecule has 0 spiro atoms. The van der Waals surface area contributed by atoms with Crippen LogP contribution in [-0.4, -0.2) is 54.7 Å². The van der Waals surface area contributed by atoms with Gasteiger partial charge in [0.25, 0.3) is 0 Å². The molecule has 0 aliphatic heterocycles. The minimum absolute atomic E-state index is 0.173. The SMILES string of the molecule is CCOC(C)O[C@H]1[C@@H](O)[C@H](OCc2ccccc2)[C@@H](OCc2ccccc2)[C@H](OCc2ccccc2)[C@H]1F. The second-order valence-electron chi connectivity index (χ2n) is 9.34. The second-order valence-corrected chi connectivity index (χ2v) is 9.34. The highest BCUT2D eigenvalue weighted by Gasteiger charge is 2.54. The van der Waals surface area contributed by atoms with Gasteiger partial charge in [-0.2, -0.15) is 0 Å². The summed E-state index contributed by atoms with van der Waals surface area (Å²) in [5, 5.41) is 11.4. The maximum absolute atomic E-state index is 16.2. The average molecular weight is 525 g/mol. The lowest BCUT2D eigenvalue weighted by Crippen LogP contribution is -2.65. The summed E-state index contributed by atoms with van der Waals surface area (Å²) < 4.78 is 46.2. The number of alkyl halides is 1. The molecular formula is C31H37FO6. The zero-order valence-electron chi connectivity index (χ0n) is 21.9. The topological polar surface area (TPSA) is 66.4 Å². The highest BCUT2D eigenvalue weighted by Crippen LogP contribution is 2.34. The summed E-state index contributed by atoms with van der Waals surface area (Å²) in [6.45, 7) is 4.50. The lowest BCUT2D eigenvalue weighted by atomic mass is 9.84. The zero-order valence-corrected chi connectivity index (χ0v) is 21.9. The predicted octanol–water partition coefficient (Wildman–Crippen LogP) is 5.22. The largest absolute Gasteiger partial charge is 0.387 e. The van der Waals surface area contributed by atoms with Gasteiger partial charge in [0.1, 0.15) is 30.5 Å². The number of rotatable bonds is 13. The molecule has 1 unspecified atom stereocenters. The lowest BCUT2D eigenvalue weighted by molar-refractivity contribution is -0.283. The van der Waals surface area contributed by atoms with Gasteiger partial charge in [-0.15, -0.1) is 0 Å². The molecule has 1 saturated carbocycles. The summed E-state index contributed by atoms with van der Waals surface area (Å²) in [4.78, 5) is 0. The van der Waals surface area contributed by atoms with Crippen molar-refractivity contribution in [1.29, 1.82) is 0 Å². The van der Waals surface area contributed by atoms with Crippen LogP contribution in [0.25, 0.3) is 0 Å². The molecule has 3 aromatic rings. The van der Waals surface area contributed by atoms with Gasteiger partial charge < -0.3 is 28.8 Å². The second kappa shape index (κ2) is 14.5. The first-order chi connectivity index (χ1) is 18.6. The minimum Gasteiger partial charge on any atom is -0.387 e. The van der Waals surface area contributed by atoms with Crippen LogP contribution in [0, 0.1) is 0 Å². The van der Waals surface area contributed by atoms with E-state index in [4.69, 9.17) is 23.7 Å². The van der Waals surface area contributed by atoms with E-state index in [1.54, 1.807) is 6.92 Å². The Morgan fingerprint density at radius 1 is 0.658 bits per heavy atom. The number of aliphatic hydroxyl groups is 1. The Balaban J connectivity index is 1.61. The van der Waals surface area contributed by atoms with Crippen molar-refractivity contribution in [3.05, 3.63) is 108 Å². The number of halogens is 1. The van der Waals surface area contributed by atoms with E-state index in [-0.39, 0.29) is 19.8 Å². The molecule has 1 fully saturated rings. The van der Waals surface area contributed by atoms with Crippen molar-refractivity contribution in [1.82, 2.24) is 0 Å². The number of ether oxygens (including phenoxy) is 5. The molecule has 0 heterocycles. The molecule has 4 rings (SSSR count). The van der Waals surface area contributed by atoms with Gasteiger partial charge in [0, 0.05) is 6.61 Å². The first kappa shape index (κ1) is 28.4. The average Bonchev–Trinajstić information content (AvgIpc) is 2.95. The molecule has 0 aromatic heterocycles. The smallest absolute Gasteiger partial charge is 0.158 e. The van der Waals surface area contributed by atoms with Crippen LogP contribution in [0.1, 0.15) is 30.5 Å². The third-order valence-corrected chi connectivity index (χ3v) is 6.55. The normalized spacial score (nSPS) is 26.2. The fraction of sp³-hybridized carbons (Fsp3) is 0.419. The molecule has 1 aliphatic carbocycles. The van der Waals surface area contributed by atoms with Crippen LogP contribution in [0.2, 0.25) is 0 Å². The van der Waals surface area contributed by atoms with Crippen molar-refractivity contribution in [3.63, 3.8) is 0 Å². The van der Waals surface area contributed by atoms with Gasteiger partial charge in [0.15, 0.2) is 12.5 Å². The van der Waals surface area contributed by atoms with E-state index < -0.39 is 43.0 Å². The molecular weight excluding hydrogens is 487 g/mol. The number of hydrogen-bond donors (Lipinski definition) is 1. The highest BCUT2D eigenvalue weighted by atomic mass is 19.1. The van der Waals surface area contributed by atoms with Crippen LogP contribution in [-0.2, 0) is 43.5 Å². The van der Waals surface area contributed by atoms with Crippen LogP contribution in [0.15, 0.2) is 91.0 Å². The molecule has 3 aromatic carbocycles. The number of benzene rings is 3. The molecule has 7 heteroatoms. The molecule has 0 saturated heterocycles. The Bertz CT molecular complexity index is 996. The van der Waals surface area contributed by atoms with Gasteiger partial charge in [-0.25, -0.2) is 4.39 Å². The van der Waals surface area contributed by atoms with E-state index in [9.17, 15) is 5.11 Å². The van der Waals surface area contributed by atoms with Crippen molar-refractivity contribution in [2.24, 2.45) is 0 Å². The van der Waals surface area contributed by atoms with Crippen LogP contribution < -0.4 is 0 Å². The Hall–Kier alpha value is -2.65. The third kappa shape index (κ3) is 7.69. The molecule has 7 atom stereocenters. The molecule has 0 amide bonds. The van der Waals surface area contributed by atoms with Crippen molar-refractivity contribution in [2.45, 2.75) is 76.6 Å². The first-order valence-electron chi connectivity index (χ1n) is 13.1. The van der Waals surface area contributed by atoms with Gasteiger partial charge in [0.05, 0.1) is 19.8 Å². The van der Waals surface area contributed by atoms with Crippen LogP contribution in [0.4, 0.5) is 4.39 Å². The standard InChI is InChI=1S/C31H37FO6/c1-3-34-22(2)38-28-26(32)29(35-19-23-13-7-4-8-14-23)31(37-21-25-17-11-6-12-18-25)30(27(28)33)36-20-24-15-9-5-10-16-24/h4-18,22,26-31,33H,3,19-21H2,1-2H3/t22?,26-,27+,28+,29+,30-,31-/m0/s1. The number of aliphatic hydroxyl groups excluding tert-OH is 1. The molecule has 0 radical (unpaired) electrons. The minimum atomic E-state index is -1.69. The zero-order chi connectivity index (χ0) is 26.7. The highest BCUT2D eigenvalue weighted by molar-refractivity contribution is 5.16. The molecule has 38 heavy (non-hydrogen) atoms. The molecule has 6 nitrogen and oxygen atoms in total. The monoisotopic (exact) mass is 524 g/mol. The Labute approximate surface area is 224 Å². The lowest BCUT2D eigenvalue weighted by Gasteiger charge is -2.46. The fourth-order valence-electron chi connectivity index (χ4n) is 4.65. The van der Waals surface area contributed by atoms with E-state index in [0.717, 1.165) is 16.7 Å². The van der Waals surface area contributed by atoms with E-state index in [1.807, 2.05) is 97.9 Å². The van der Waals surface area contributed by atoms with E-state index >= 15 is 4.39 Å². The summed E-state index contributed by atoms with van der Waals surface area (Å²) >= 11 is 0. The van der Waals surface area contributed by atoms with Gasteiger partial charge in [-0.05, 0) is 30.5 Å². The van der Waals surface area contributed by atoms with Gasteiger partial charge >= 0.3 is 0 Å². The van der Waals surface area contributed by atoms with Gasteiger partial charge in [-0.3, -0.25) is 0 Å². The van der Waals surface area contributed by atoms with Crippen molar-refractivity contribution < 1.29 is 33.2 Å². The predicted molar refractivity (Wildman–Crippen MR) is 142 cm³/mol. The third-order valence-electron chi connectivity index (χ3n) is 6.55. The molecule has 1 N–H and O–H groups in total. The summed E-state index contributed by atoms with van der Waals surface area (Å²) in [5.74, 6) is 0. The van der Waals surface area contributed by atoms with Crippen molar-refractivity contribution in [3.8, 4) is 0 Å². The van der Waals surface area contributed by atoms with Crippen molar-refractivity contribution >= 4 is 0 Å². The fourth-order valence-corrected chi connectivity index (χ4v) is 4.65. The van der Waals surface area contributed by atoms with Gasteiger partial charge in [-0.1, -0.05) is 91.0 Å². The summed E-state index contributed by atoms with van der Waals surface area (Å²) in [6, 6.07) is 28.8. The number of hydrogen-bond acceptors (Lipinski definition) is 6. The summed E-state index contributed by atoms with van der Waals surface area (Å²) in [7, 11) is 0. The molecule has 1 aliphatic rings. The summed E-state index contributed by atoms with van der Waals surface area (Å²) in [5.41, 5.74) is 2.74. The summed E-state index contributed by atoms with van der Waals surface area (Å²) in [6.07, 6.45) is -7.80. The first-order valence-corrected chi connectivity index (χ1v) is 13.1. The Morgan fingerprint density at radius 2 is 1.08 bits per heavy atom. The van der Waals surface area contributed by atoms with E-state index in [1.165, 1.54) is 0 Å². The van der Waals surface area contributed by atoms with Crippen LogP contribution >= 0.6 is 0 Å². The Morgan fingerprint density at radius 3 is 1.53 bits per heavy atom. The van der Waals surface area contributed by atoms with Gasteiger partial charge in [0.2, 0.25) is 0 Å². The van der Waals surface area contributed by atoms with Crippen LogP contribution in [0.3, 0.4) is 0 Å². The molecule has 204 valence electrons. The quantitative estimate of drug-likeness (QED) is 0.309. The molecule has 0 bridgehead atoms.